The lowest BCUT2D eigenvalue weighted by molar-refractivity contribution is 0.379. The maximum absolute atomic E-state index is 5.63. The van der Waals surface area contributed by atoms with Gasteiger partial charge in [0.05, 0.1) is 13.2 Å². The Kier molecular flexibility index (Phi) is 4.16. The lowest BCUT2D eigenvalue weighted by Crippen LogP contribution is -2.18. The third-order valence-corrected chi connectivity index (χ3v) is 3.57. The molecule has 102 valence electrons. The summed E-state index contributed by atoms with van der Waals surface area (Å²) >= 11 is 1.70. The Labute approximate surface area is 116 Å². The van der Waals surface area contributed by atoms with Gasteiger partial charge in [-0.3, -0.25) is 0 Å². The van der Waals surface area contributed by atoms with E-state index < -0.39 is 0 Å². The van der Waals surface area contributed by atoms with Crippen LogP contribution in [0.1, 0.15) is 24.8 Å². The summed E-state index contributed by atoms with van der Waals surface area (Å²) in [6.07, 6.45) is 0. The van der Waals surface area contributed by atoms with Crippen LogP contribution in [0.3, 0.4) is 0 Å². The number of methoxy groups -OCH3 is 1. The fraction of sp³-hybridized carbons (Fsp3) is 0.417. The number of ether oxygens (including phenoxy) is 1. The second-order valence-corrected chi connectivity index (χ2v) is 5.36. The average Bonchev–Trinajstić information content (AvgIpc) is 2.88. The summed E-state index contributed by atoms with van der Waals surface area (Å²) in [4.78, 5) is 13.3. The number of nitrogens with one attached hydrogen (secondary N) is 1. The highest BCUT2D eigenvalue weighted by Crippen LogP contribution is 2.28. The van der Waals surface area contributed by atoms with Crippen LogP contribution >= 0.6 is 11.3 Å². The lowest BCUT2D eigenvalue weighted by Gasteiger charge is -2.21. The number of nitrogens with two attached hydrogens (primary N) is 1. The van der Waals surface area contributed by atoms with E-state index >= 15 is 0 Å². The first kappa shape index (κ1) is 13.5. The number of hydrogen-bond donors (Lipinski definition) is 2. The minimum absolute atomic E-state index is 0.131. The van der Waals surface area contributed by atoms with Crippen molar-refractivity contribution in [2.45, 2.75) is 19.9 Å². The van der Waals surface area contributed by atoms with E-state index in [-0.39, 0.29) is 18.0 Å². The van der Waals surface area contributed by atoms with E-state index in [9.17, 15) is 0 Å². The summed E-state index contributed by atoms with van der Waals surface area (Å²) in [7, 11) is 1.50. The van der Waals surface area contributed by atoms with Gasteiger partial charge in [0.2, 0.25) is 11.9 Å². The number of nitrogens with zero attached hydrogens (tertiary/aromatic N) is 3. The third kappa shape index (κ3) is 3.31. The molecule has 7 heteroatoms. The molecule has 0 fully saturated rings. The van der Waals surface area contributed by atoms with Crippen LogP contribution in [-0.4, -0.2) is 22.1 Å². The molecule has 0 aliphatic heterocycles. The van der Waals surface area contributed by atoms with Crippen molar-refractivity contribution in [2.24, 2.45) is 5.92 Å². The van der Waals surface area contributed by atoms with Gasteiger partial charge in [0.1, 0.15) is 0 Å². The largest absolute Gasteiger partial charge is 0.467 e. The van der Waals surface area contributed by atoms with Crippen LogP contribution in [-0.2, 0) is 0 Å². The molecule has 2 aromatic heterocycles. The molecule has 0 radical (unpaired) electrons. The Morgan fingerprint density at radius 3 is 2.68 bits per heavy atom. The van der Waals surface area contributed by atoms with Gasteiger partial charge >= 0.3 is 6.01 Å². The van der Waals surface area contributed by atoms with Gasteiger partial charge in [-0.1, -0.05) is 19.9 Å². The molecule has 0 aliphatic rings. The molecule has 6 nitrogen and oxygen atoms in total. The van der Waals surface area contributed by atoms with Crippen molar-refractivity contribution in [2.75, 3.05) is 18.2 Å². The Bertz CT molecular complexity index is 529. The Morgan fingerprint density at radius 1 is 1.32 bits per heavy atom. The molecule has 2 heterocycles. The van der Waals surface area contributed by atoms with E-state index in [0.717, 1.165) is 0 Å². The molecule has 0 aromatic carbocycles. The number of anilines is 2. The molecule has 1 unspecified atom stereocenters. The van der Waals surface area contributed by atoms with Crippen LogP contribution in [0.4, 0.5) is 11.9 Å². The lowest BCUT2D eigenvalue weighted by atomic mass is 10.0. The second kappa shape index (κ2) is 5.83. The molecular formula is C12H17N5OS. The molecule has 0 amide bonds. The Hall–Kier alpha value is -1.89. The average molecular weight is 279 g/mol. The predicted molar refractivity (Wildman–Crippen MR) is 76.3 cm³/mol. The third-order valence-electron chi connectivity index (χ3n) is 2.62. The Morgan fingerprint density at radius 2 is 2.11 bits per heavy atom. The number of thiophene rings is 1. The van der Waals surface area contributed by atoms with Gasteiger partial charge in [-0.25, -0.2) is 0 Å². The smallest absolute Gasteiger partial charge is 0.322 e. The van der Waals surface area contributed by atoms with E-state index in [4.69, 9.17) is 10.5 Å². The van der Waals surface area contributed by atoms with Crippen LogP contribution in [0.15, 0.2) is 17.5 Å². The zero-order valence-electron chi connectivity index (χ0n) is 11.1. The van der Waals surface area contributed by atoms with Gasteiger partial charge in [-0.15, -0.1) is 11.3 Å². The molecule has 2 rings (SSSR count). The van der Waals surface area contributed by atoms with Crippen LogP contribution in [0, 0.1) is 5.92 Å². The monoisotopic (exact) mass is 279 g/mol. The highest BCUT2D eigenvalue weighted by Gasteiger charge is 2.18. The molecule has 2 aromatic rings. The SMILES string of the molecule is COc1nc(N)nc(NC(c2cccs2)C(C)C)n1. The summed E-state index contributed by atoms with van der Waals surface area (Å²) in [5.41, 5.74) is 5.63. The topological polar surface area (TPSA) is 86.0 Å². The van der Waals surface area contributed by atoms with Crippen molar-refractivity contribution >= 4 is 23.2 Å². The first-order valence-corrected chi connectivity index (χ1v) is 6.83. The van der Waals surface area contributed by atoms with Gasteiger partial charge in [0.15, 0.2) is 0 Å². The van der Waals surface area contributed by atoms with Crippen LogP contribution < -0.4 is 15.8 Å². The predicted octanol–water partition coefficient (Wildman–Crippen LogP) is 2.33. The second-order valence-electron chi connectivity index (χ2n) is 4.39. The van der Waals surface area contributed by atoms with Crippen molar-refractivity contribution in [3.63, 3.8) is 0 Å². The van der Waals surface area contributed by atoms with Crippen molar-refractivity contribution in [3.8, 4) is 6.01 Å². The number of rotatable bonds is 5. The number of nitrogen functional groups attached to an aromatic ring is 1. The van der Waals surface area contributed by atoms with E-state index in [0.29, 0.717) is 11.9 Å². The van der Waals surface area contributed by atoms with Gasteiger partial charge < -0.3 is 15.8 Å². The number of hydrogen-bond acceptors (Lipinski definition) is 7. The van der Waals surface area contributed by atoms with Crippen molar-refractivity contribution in [1.82, 2.24) is 15.0 Å². The first-order chi connectivity index (χ1) is 9.10. The summed E-state index contributed by atoms with van der Waals surface area (Å²) in [6, 6.07) is 4.46. The fourth-order valence-corrected chi connectivity index (χ4v) is 2.65. The minimum Gasteiger partial charge on any atom is -0.467 e. The molecule has 0 saturated heterocycles. The fourth-order valence-electron chi connectivity index (χ4n) is 1.70. The summed E-state index contributed by atoms with van der Waals surface area (Å²) in [5, 5.41) is 5.33. The highest BCUT2D eigenvalue weighted by molar-refractivity contribution is 7.10. The minimum atomic E-state index is 0.131. The zero-order chi connectivity index (χ0) is 13.8. The van der Waals surface area contributed by atoms with Crippen LogP contribution in [0.2, 0.25) is 0 Å². The molecular weight excluding hydrogens is 262 g/mol. The zero-order valence-corrected chi connectivity index (χ0v) is 11.9. The summed E-state index contributed by atoms with van der Waals surface area (Å²) in [5.74, 6) is 0.960. The molecule has 0 bridgehead atoms. The molecule has 1 atom stereocenters. The van der Waals surface area contributed by atoms with Crippen LogP contribution in [0.5, 0.6) is 6.01 Å². The van der Waals surface area contributed by atoms with Gasteiger partial charge in [0, 0.05) is 4.88 Å². The first-order valence-electron chi connectivity index (χ1n) is 5.95. The van der Waals surface area contributed by atoms with Gasteiger partial charge in [-0.2, -0.15) is 15.0 Å². The maximum Gasteiger partial charge on any atom is 0.322 e. The normalized spacial score (nSPS) is 12.4. The van der Waals surface area contributed by atoms with Crippen molar-refractivity contribution in [1.29, 1.82) is 0 Å². The van der Waals surface area contributed by atoms with E-state index in [1.807, 2.05) is 6.07 Å². The standard InChI is InChI=1S/C12H17N5OS/c1-7(2)9(8-5-4-6-19-8)14-11-15-10(13)16-12(17-11)18-3/h4-7,9H,1-3H3,(H3,13,14,15,16,17). The molecule has 0 saturated carbocycles. The molecule has 0 aliphatic carbocycles. The van der Waals surface area contributed by atoms with Gasteiger partial charge in [0.25, 0.3) is 0 Å². The molecule has 0 spiro atoms. The molecule has 3 N–H and O–H groups in total. The van der Waals surface area contributed by atoms with E-state index in [2.05, 4.69) is 45.6 Å². The number of aromatic nitrogens is 3. The van der Waals surface area contributed by atoms with Crippen molar-refractivity contribution < 1.29 is 4.74 Å². The summed E-state index contributed by atoms with van der Waals surface area (Å²) < 4.78 is 4.99. The highest BCUT2D eigenvalue weighted by atomic mass is 32.1. The van der Waals surface area contributed by atoms with Gasteiger partial charge in [-0.05, 0) is 17.4 Å². The van der Waals surface area contributed by atoms with E-state index in [1.54, 1.807) is 11.3 Å². The van der Waals surface area contributed by atoms with Crippen molar-refractivity contribution in [3.05, 3.63) is 22.4 Å². The molecule has 19 heavy (non-hydrogen) atoms. The Balaban J connectivity index is 2.24. The van der Waals surface area contributed by atoms with Crippen LogP contribution in [0.25, 0.3) is 0 Å². The van der Waals surface area contributed by atoms with E-state index in [1.165, 1.54) is 12.0 Å². The quantitative estimate of drug-likeness (QED) is 0.873. The summed E-state index contributed by atoms with van der Waals surface area (Å²) in [6.45, 7) is 4.28. The maximum atomic E-state index is 5.63.